The first-order valence-corrected chi connectivity index (χ1v) is 6.56. The summed E-state index contributed by atoms with van der Waals surface area (Å²) in [7, 11) is 0. The molecular weight excluding hydrogens is 362 g/mol. The number of nitrogens with zero attached hydrogens (tertiary/aromatic N) is 1. The van der Waals surface area contributed by atoms with Crippen molar-refractivity contribution < 1.29 is 9.31 Å². The Morgan fingerprint density at radius 1 is 1.21 bits per heavy atom. The highest BCUT2D eigenvalue weighted by molar-refractivity contribution is 14.1. The molecule has 0 atom stereocenters. The quantitative estimate of drug-likeness (QED) is 0.502. The lowest BCUT2D eigenvalue weighted by Gasteiger charge is -2.07. The largest absolute Gasteiger partial charge is 0.381 e. The molecule has 0 unspecified atom stereocenters. The highest BCUT2D eigenvalue weighted by Crippen LogP contribution is 2.24. The van der Waals surface area contributed by atoms with Crippen LogP contribution in [0.4, 0.5) is 15.8 Å². The van der Waals surface area contributed by atoms with Crippen LogP contribution in [0, 0.1) is 19.5 Å². The van der Waals surface area contributed by atoms with Gasteiger partial charge in [-0.05, 0) is 52.4 Å². The minimum atomic E-state index is -0.411. The van der Waals surface area contributed by atoms with Crippen LogP contribution in [-0.2, 0) is 6.54 Å². The van der Waals surface area contributed by atoms with Crippen LogP contribution in [0.5, 0.6) is 0 Å². The summed E-state index contributed by atoms with van der Waals surface area (Å²) in [6, 6.07) is 11.0. The number of nitro groups is 1. The average Bonchev–Trinajstić information content (AvgIpc) is 2.37. The number of hydrogen-bond donors (Lipinski definition) is 1. The van der Waals surface area contributed by atoms with Crippen LogP contribution in [0.1, 0.15) is 5.56 Å². The molecule has 0 aromatic heterocycles. The molecule has 6 heteroatoms. The number of halogens is 2. The third kappa shape index (κ3) is 3.63. The Labute approximate surface area is 122 Å². The van der Waals surface area contributed by atoms with Gasteiger partial charge in [0.2, 0.25) is 0 Å². The lowest BCUT2D eigenvalue weighted by Crippen LogP contribution is -2.00. The molecule has 0 saturated heterocycles. The molecule has 0 aliphatic heterocycles. The summed E-state index contributed by atoms with van der Waals surface area (Å²) < 4.78 is 13.3. The van der Waals surface area contributed by atoms with Gasteiger partial charge in [0.05, 0.1) is 8.49 Å². The van der Waals surface area contributed by atoms with Gasteiger partial charge in [0.25, 0.3) is 5.69 Å². The molecule has 0 aliphatic rings. The van der Waals surface area contributed by atoms with E-state index >= 15 is 0 Å². The van der Waals surface area contributed by atoms with E-state index in [4.69, 9.17) is 0 Å². The summed E-state index contributed by atoms with van der Waals surface area (Å²) in [5.41, 5.74) is 1.82. The van der Waals surface area contributed by atoms with E-state index < -0.39 is 4.92 Å². The van der Waals surface area contributed by atoms with Gasteiger partial charge in [-0.3, -0.25) is 10.1 Å². The van der Waals surface area contributed by atoms with Crippen molar-refractivity contribution in [3.05, 3.63) is 67.5 Å². The predicted molar refractivity (Wildman–Crippen MR) is 79.5 cm³/mol. The van der Waals surface area contributed by atoms with Crippen molar-refractivity contribution in [3.8, 4) is 0 Å². The molecule has 0 fully saturated rings. The fraction of sp³-hybridized carbons (Fsp3) is 0.0769. The number of benzene rings is 2. The van der Waals surface area contributed by atoms with Crippen molar-refractivity contribution in [1.82, 2.24) is 0 Å². The van der Waals surface area contributed by atoms with Crippen LogP contribution in [0.15, 0.2) is 42.5 Å². The van der Waals surface area contributed by atoms with Crippen LogP contribution in [0.2, 0.25) is 0 Å². The monoisotopic (exact) mass is 372 g/mol. The van der Waals surface area contributed by atoms with Gasteiger partial charge in [0.1, 0.15) is 5.82 Å². The zero-order chi connectivity index (χ0) is 13.8. The van der Waals surface area contributed by atoms with E-state index in [1.165, 1.54) is 18.2 Å². The molecule has 0 bridgehead atoms. The Morgan fingerprint density at radius 3 is 2.47 bits per heavy atom. The Balaban J connectivity index is 2.06. The van der Waals surface area contributed by atoms with Gasteiger partial charge in [-0.25, -0.2) is 4.39 Å². The smallest absolute Gasteiger partial charge is 0.282 e. The van der Waals surface area contributed by atoms with Gasteiger partial charge < -0.3 is 5.32 Å². The molecule has 0 aliphatic carbocycles. The molecule has 4 nitrogen and oxygen atoms in total. The van der Waals surface area contributed by atoms with Crippen molar-refractivity contribution in [1.29, 1.82) is 0 Å². The number of anilines is 1. The Kier molecular flexibility index (Phi) is 4.31. The summed E-state index contributed by atoms with van der Waals surface area (Å²) in [6.45, 7) is 0.536. The fourth-order valence-corrected chi connectivity index (χ4v) is 2.28. The summed E-state index contributed by atoms with van der Waals surface area (Å²) in [4.78, 5) is 10.3. The van der Waals surface area contributed by atoms with Gasteiger partial charge in [-0.1, -0.05) is 12.1 Å². The highest BCUT2D eigenvalue weighted by atomic mass is 127. The van der Waals surface area contributed by atoms with Gasteiger partial charge in [0.15, 0.2) is 0 Å². The second-order valence-electron chi connectivity index (χ2n) is 3.90. The molecule has 0 spiro atoms. The zero-order valence-electron chi connectivity index (χ0n) is 9.77. The van der Waals surface area contributed by atoms with Crippen molar-refractivity contribution in [2.75, 3.05) is 5.32 Å². The maximum Gasteiger partial charge on any atom is 0.282 e. The predicted octanol–water partition coefficient (Wildman–Crippen LogP) is 3.95. The molecule has 98 valence electrons. The van der Waals surface area contributed by atoms with E-state index in [1.807, 2.05) is 22.6 Å². The maximum absolute atomic E-state index is 12.7. The third-order valence-corrected chi connectivity index (χ3v) is 3.42. The molecule has 0 saturated carbocycles. The number of hydrogen-bond acceptors (Lipinski definition) is 3. The standard InChI is InChI=1S/C13H10FIN2O2/c14-10-3-1-9(2-4-10)8-16-11-5-6-13(17(18)19)12(15)7-11/h1-7,16H,8H2. The van der Waals surface area contributed by atoms with Crippen LogP contribution in [-0.4, -0.2) is 4.92 Å². The minimum Gasteiger partial charge on any atom is -0.381 e. The van der Waals surface area contributed by atoms with Gasteiger partial charge in [-0.2, -0.15) is 0 Å². The Bertz CT molecular complexity index is 602. The Morgan fingerprint density at radius 2 is 1.89 bits per heavy atom. The van der Waals surface area contributed by atoms with Crippen LogP contribution < -0.4 is 5.32 Å². The van der Waals surface area contributed by atoms with Gasteiger partial charge in [0, 0.05) is 18.3 Å². The van der Waals surface area contributed by atoms with Crippen LogP contribution >= 0.6 is 22.6 Å². The lowest BCUT2D eigenvalue weighted by atomic mass is 10.2. The molecule has 0 heterocycles. The second-order valence-corrected chi connectivity index (χ2v) is 5.07. The second kappa shape index (κ2) is 5.96. The fourth-order valence-electron chi connectivity index (χ4n) is 1.57. The summed E-state index contributed by atoms with van der Waals surface area (Å²) in [5, 5.41) is 13.8. The van der Waals surface area contributed by atoms with E-state index in [-0.39, 0.29) is 11.5 Å². The summed E-state index contributed by atoms with van der Waals surface area (Å²) in [6.07, 6.45) is 0. The lowest BCUT2D eigenvalue weighted by molar-refractivity contribution is -0.385. The van der Waals surface area contributed by atoms with E-state index in [2.05, 4.69) is 5.32 Å². The highest BCUT2D eigenvalue weighted by Gasteiger charge is 2.11. The Hall–Kier alpha value is -1.70. The van der Waals surface area contributed by atoms with E-state index in [0.717, 1.165) is 11.3 Å². The number of nitro benzene ring substituents is 1. The summed E-state index contributed by atoms with van der Waals surface area (Å²) in [5.74, 6) is -0.270. The van der Waals surface area contributed by atoms with Crippen molar-refractivity contribution in [2.24, 2.45) is 0 Å². The van der Waals surface area contributed by atoms with E-state index in [1.54, 1.807) is 24.3 Å². The van der Waals surface area contributed by atoms with E-state index in [9.17, 15) is 14.5 Å². The van der Waals surface area contributed by atoms with Gasteiger partial charge in [-0.15, -0.1) is 0 Å². The van der Waals surface area contributed by atoms with Gasteiger partial charge >= 0.3 is 0 Å². The molecular formula is C13H10FIN2O2. The SMILES string of the molecule is O=[N+]([O-])c1ccc(NCc2ccc(F)cc2)cc1I. The molecule has 1 N–H and O–H groups in total. The first kappa shape index (κ1) is 13.7. The number of rotatable bonds is 4. The van der Waals surface area contributed by atoms with Crippen LogP contribution in [0.25, 0.3) is 0 Å². The first-order chi connectivity index (χ1) is 9.06. The molecule has 0 amide bonds. The molecule has 0 radical (unpaired) electrons. The molecule has 2 aromatic rings. The van der Waals surface area contributed by atoms with Crippen molar-refractivity contribution in [3.63, 3.8) is 0 Å². The third-order valence-electron chi connectivity index (χ3n) is 2.55. The molecule has 2 aromatic carbocycles. The normalized spacial score (nSPS) is 10.2. The van der Waals surface area contributed by atoms with E-state index in [0.29, 0.717) is 10.1 Å². The number of nitrogens with one attached hydrogen (secondary N) is 1. The zero-order valence-corrected chi connectivity index (χ0v) is 11.9. The summed E-state index contributed by atoms with van der Waals surface area (Å²) >= 11 is 1.93. The average molecular weight is 372 g/mol. The van der Waals surface area contributed by atoms with Crippen molar-refractivity contribution in [2.45, 2.75) is 6.54 Å². The first-order valence-electron chi connectivity index (χ1n) is 5.48. The molecule has 19 heavy (non-hydrogen) atoms. The maximum atomic E-state index is 12.7. The topological polar surface area (TPSA) is 55.2 Å². The minimum absolute atomic E-state index is 0.0907. The molecule has 2 rings (SSSR count). The van der Waals surface area contributed by atoms with Crippen molar-refractivity contribution >= 4 is 34.0 Å². The van der Waals surface area contributed by atoms with Crippen LogP contribution in [0.3, 0.4) is 0 Å².